The summed E-state index contributed by atoms with van der Waals surface area (Å²) in [6, 6.07) is 15.0. The molecule has 0 aromatic heterocycles. The molecule has 0 amide bonds. The average Bonchev–Trinajstić information content (AvgIpc) is 2.83. The Morgan fingerprint density at radius 1 is 0.848 bits per heavy atom. The summed E-state index contributed by atoms with van der Waals surface area (Å²) in [5.41, 5.74) is 2.75. The molecule has 3 aromatic carbocycles. The van der Waals surface area contributed by atoms with Gasteiger partial charge in [-0.25, -0.2) is 8.78 Å². The van der Waals surface area contributed by atoms with Crippen molar-refractivity contribution in [3.05, 3.63) is 77.6 Å². The van der Waals surface area contributed by atoms with Crippen LogP contribution in [0.2, 0.25) is 0 Å². The molecular weight excluding hydrogens is 425 g/mol. The van der Waals surface area contributed by atoms with Crippen LogP contribution >= 0.6 is 0 Å². The Morgan fingerprint density at radius 2 is 1.55 bits per heavy atom. The standard InChI is InChI=1S/C28H29F3O2/c1-3-5-22-12-10-21(17-33-22)20-11-13-23(25(29)16-20)18-6-8-19(9-7-18)24-14-15-26(32-4-2)28(31)27(24)30/h6-9,11,13-16,21-22H,3-5,10,12,17H2,1-2H3. The van der Waals surface area contributed by atoms with Crippen molar-refractivity contribution in [2.45, 2.75) is 51.6 Å². The Labute approximate surface area is 193 Å². The Morgan fingerprint density at radius 3 is 2.15 bits per heavy atom. The molecule has 5 heteroatoms. The van der Waals surface area contributed by atoms with Gasteiger partial charge < -0.3 is 9.47 Å². The van der Waals surface area contributed by atoms with Crippen LogP contribution in [-0.2, 0) is 4.74 Å². The normalized spacial score (nSPS) is 18.3. The van der Waals surface area contributed by atoms with Crippen LogP contribution in [0.15, 0.2) is 54.6 Å². The lowest BCUT2D eigenvalue weighted by atomic mass is 9.89. The van der Waals surface area contributed by atoms with E-state index in [4.69, 9.17) is 9.47 Å². The van der Waals surface area contributed by atoms with Gasteiger partial charge in [0.25, 0.3) is 0 Å². The smallest absolute Gasteiger partial charge is 0.201 e. The molecule has 174 valence electrons. The fourth-order valence-corrected chi connectivity index (χ4v) is 4.49. The molecule has 0 N–H and O–H groups in total. The quantitative estimate of drug-likeness (QED) is 0.361. The summed E-state index contributed by atoms with van der Waals surface area (Å²) >= 11 is 0. The SMILES string of the molecule is CCCC1CCC(c2ccc(-c3ccc(-c4ccc(OCC)c(F)c4F)cc3)c(F)c2)CO1. The third-order valence-corrected chi connectivity index (χ3v) is 6.30. The van der Waals surface area contributed by atoms with Crippen LogP contribution in [0.1, 0.15) is 51.0 Å². The minimum atomic E-state index is -1.01. The van der Waals surface area contributed by atoms with Gasteiger partial charge in [-0.2, -0.15) is 4.39 Å². The first-order valence-corrected chi connectivity index (χ1v) is 11.6. The molecule has 0 radical (unpaired) electrons. The number of halogens is 3. The van der Waals surface area contributed by atoms with E-state index in [-0.39, 0.29) is 29.7 Å². The second-order valence-corrected chi connectivity index (χ2v) is 8.51. The zero-order valence-corrected chi connectivity index (χ0v) is 19.0. The van der Waals surface area contributed by atoms with Crippen LogP contribution in [0.3, 0.4) is 0 Å². The van der Waals surface area contributed by atoms with E-state index in [0.717, 1.165) is 31.2 Å². The summed E-state index contributed by atoms with van der Waals surface area (Å²) in [6.45, 7) is 4.74. The predicted octanol–water partition coefficient (Wildman–Crippen LogP) is 7.90. The fourth-order valence-electron chi connectivity index (χ4n) is 4.49. The number of ether oxygens (including phenoxy) is 2. The average molecular weight is 455 g/mol. The summed E-state index contributed by atoms with van der Waals surface area (Å²) < 4.78 is 54.8. The molecule has 0 saturated carbocycles. The van der Waals surface area contributed by atoms with Crippen LogP contribution in [0.25, 0.3) is 22.3 Å². The first-order chi connectivity index (χ1) is 16.0. The summed E-state index contributed by atoms with van der Waals surface area (Å²) in [6.07, 6.45) is 4.51. The van der Waals surface area contributed by atoms with Crippen molar-refractivity contribution in [1.82, 2.24) is 0 Å². The maximum absolute atomic E-state index is 15.0. The van der Waals surface area contributed by atoms with Gasteiger partial charge in [0.05, 0.1) is 19.3 Å². The Balaban J connectivity index is 1.51. The molecule has 2 nitrogen and oxygen atoms in total. The van der Waals surface area contributed by atoms with Crippen molar-refractivity contribution in [1.29, 1.82) is 0 Å². The van der Waals surface area contributed by atoms with Crippen LogP contribution in [-0.4, -0.2) is 19.3 Å². The number of hydrogen-bond donors (Lipinski definition) is 0. The van der Waals surface area contributed by atoms with Crippen molar-refractivity contribution in [2.24, 2.45) is 0 Å². The third kappa shape index (κ3) is 5.09. The van der Waals surface area contributed by atoms with Gasteiger partial charge in [0, 0.05) is 17.0 Å². The number of rotatable bonds is 7. The molecule has 1 saturated heterocycles. The highest BCUT2D eigenvalue weighted by Crippen LogP contribution is 2.34. The van der Waals surface area contributed by atoms with Crippen LogP contribution < -0.4 is 4.74 Å². The van der Waals surface area contributed by atoms with E-state index < -0.39 is 11.6 Å². The Bertz CT molecular complexity index is 1090. The largest absolute Gasteiger partial charge is 0.491 e. The number of hydrogen-bond acceptors (Lipinski definition) is 2. The Kier molecular flexibility index (Phi) is 7.39. The maximum Gasteiger partial charge on any atom is 0.201 e. The predicted molar refractivity (Wildman–Crippen MR) is 125 cm³/mol. The molecule has 0 bridgehead atoms. The van der Waals surface area contributed by atoms with E-state index in [2.05, 4.69) is 6.92 Å². The second kappa shape index (κ2) is 10.4. The topological polar surface area (TPSA) is 18.5 Å². The highest BCUT2D eigenvalue weighted by atomic mass is 19.2. The molecular formula is C28H29F3O2. The summed E-state index contributed by atoms with van der Waals surface area (Å²) in [5.74, 6) is -2.16. The van der Waals surface area contributed by atoms with Crippen molar-refractivity contribution in [3.63, 3.8) is 0 Å². The second-order valence-electron chi connectivity index (χ2n) is 8.51. The molecule has 2 unspecified atom stereocenters. The van der Waals surface area contributed by atoms with Gasteiger partial charge >= 0.3 is 0 Å². The summed E-state index contributed by atoms with van der Waals surface area (Å²) in [7, 11) is 0. The van der Waals surface area contributed by atoms with Crippen molar-refractivity contribution >= 4 is 0 Å². The van der Waals surface area contributed by atoms with E-state index in [9.17, 15) is 13.2 Å². The molecule has 1 heterocycles. The lowest BCUT2D eigenvalue weighted by molar-refractivity contribution is -0.00115. The van der Waals surface area contributed by atoms with Gasteiger partial charge in [-0.1, -0.05) is 49.7 Å². The molecule has 0 spiro atoms. The van der Waals surface area contributed by atoms with Crippen LogP contribution in [0.5, 0.6) is 5.75 Å². The van der Waals surface area contributed by atoms with Crippen molar-refractivity contribution < 1.29 is 22.6 Å². The molecule has 0 aliphatic carbocycles. The van der Waals surface area contributed by atoms with E-state index in [0.29, 0.717) is 29.4 Å². The van der Waals surface area contributed by atoms with E-state index in [1.165, 1.54) is 12.1 Å². The van der Waals surface area contributed by atoms with Gasteiger partial charge in [0.15, 0.2) is 11.6 Å². The van der Waals surface area contributed by atoms with Crippen molar-refractivity contribution in [3.8, 4) is 28.0 Å². The van der Waals surface area contributed by atoms with Crippen LogP contribution in [0, 0.1) is 17.5 Å². The van der Waals surface area contributed by atoms with Crippen molar-refractivity contribution in [2.75, 3.05) is 13.2 Å². The number of benzene rings is 3. The van der Waals surface area contributed by atoms with Gasteiger partial charge in [-0.15, -0.1) is 0 Å². The highest BCUT2D eigenvalue weighted by molar-refractivity contribution is 5.71. The maximum atomic E-state index is 15.0. The minimum Gasteiger partial charge on any atom is -0.491 e. The Hall–Kier alpha value is -2.79. The zero-order valence-electron chi connectivity index (χ0n) is 19.0. The minimum absolute atomic E-state index is 0.109. The monoisotopic (exact) mass is 454 g/mol. The van der Waals surface area contributed by atoms with Gasteiger partial charge in [0.1, 0.15) is 5.82 Å². The van der Waals surface area contributed by atoms with Crippen LogP contribution in [0.4, 0.5) is 13.2 Å². The lowest BCUT2D eigenvalue weighted by Crippen LogP contribution is -2.24. The van der Waals surface area contributed by atoms with E-state index in [1.807, 2.05) is 6.07 Å². The lowest BCUT2D eigenvalue weighted by Gasteiger charge is -2.29. The molecule has 4 rings (SSSR count). The molecule has 1 fully saturated rings. The summed E-state index contributed by atoms with van der Waals surface area (Å²) in [5, 5.41) is 0. The first kappa shape index (κ1) is 23.4. The molecule has 33 heavy (non-hydrogen) atoms. The van der Waals surface area contributed by atoms with Gasteiger partial charge in [-0.3, -0.25) is 0 Å². The molecule has 3 aromatic rings. The van der Waals surface area contributed by atoms with E-state index in [1.54, 1.807) is 43.3 Å². The van der Waals surface area contributed by atoms with E-state index >= 15 is 0 Å². The summed E-state index contributed by atoms with van der Waals surface area (Å²) in [4.78, 5) is 0. The highest BCUT2D eigenvalue weighted by Gasteiger charge is 2.23. The van der Waals surface area contributed by atoms with Gasteiger partial charge in [-0.05, 0) is 61.1 Å². The molecule has 1 aliphatic rings. The molecule has 1 aliphatic heterocycles. The third-order valence-electron chi connectivity index (χ3n) is 6.30. The first-order valence-electron chi connectivity index (χ1n) is 11.6. The fraction of sp³-hybridized carbons (Fsp3) is 0.357. The molecule has 2 atom stereocenters. The zero-order chi connectivity index (χ0) is 23.4. The van der Waals surface area contributed by atoms with Gasteiger partial charge in [0.2, 0.25) is 5.82 Å².